The van der Waals surface area contributed by atoms with Crippen LogP contribution in [0.5, 0.6) is 0 Å². The number of halogens is 1. The topological polar surface area (TPSA) is 58.2 Å². The van der Waals surface area contributed by atoms with Crippen LogP contribution in [0.3, 0.4) is 0 Å². The predicted octanol–water partition coefficient (Wildman–Crippen LogP) is 4.70. The Bertz CT molecular complexity index is 955. The average molecular weight is 348 g/mol. The first kappa shape index (κ1) is 17.4. The molecule has 0 heterocycles. The van der Waals surface area contributed by atoms with Crippen molar-refractivity contribution < 1.29 is 14.0 Å². The lowest BCUT2D eigenvalue weighted by Gasteiger charge is -2.10. The fraction of sp³-hybridized carbons (Fsp3) is 0.0476. The molecule has 0 unspecified atom stereocenters. The average Bonchev–Trinajstić information content (AvgIpc) is 2.62. The molecule has 0 spiro atoms. The van der Waals surface area contributed by atoms with Gasteiger partial charge in [0, 0.05) is 18.3 Å². The van der Waals surface area contributed by atoms with E-state index in [4.69, 9.17) is 0 Å². The third-order valence-electron chi connectivity index (χ3n) is 3.76. The Hall–Kier alpha value is -3.47. The Kier molecular flexibility index (Phi) is 5.08. The van der Waals surface area contributed by atoms with E-state index >= 15 is 0 Å². The second kappa shape index (κ2) is 7.61. The maximum atomic E-state index is 14.2. The highest BCUT2D eigenvalue weighted by atomic mass is 19.1. The first-order chi connectivity index (χ1) is 12.5. The summed E-state index contributed by atoms with van der Waals surface area (Å²) in [5.41, 5.74) is 2.62. The lowest BCUT2D eigenvalue weighted by atomic mass is 10.0. The zero-order chi connectivity index (χ0) is 18.5. The lowest BCUT2D eigenvalue weighted by Crippen LogP contribution is -2.14. The third-order valence-corrected chi connectivity index (χ3v) is 3.76. The summed E-state index contributed by atoms with van der Waals surface area (Å²) in [6.45, 7) is 1.40. The van der Waals surface area contributed by atoms with Gasteiger partial charge in [0.2, 0.25) is 5.91 Å². The molecule has 3 rings (SSSR count). The molecule has 2 amide bonds. The van der Waals surface area contributed by atoms with Gasteiger partial charge in [0.25, 0.3) is 5.91 Å². The number of hydrogen-bond donors (Lipinski definition) is 2. The van der Waals surface area contributed by atoms with Crippen LogP contribution in [0.1, 0.15) is 17.3 Å². The van der Waals surface area contributed by atoms with Gasteiger partial charge in [0.05, 0.1) is 5.56 Å². The first-order valence-electron chi connectivity index (χ1n) is 8.07. The highest BCUT2D eigenvalue weighted by Crippen LogP contribution is 2.23. The number of rotatable bonds is 4. The van der Waals surface area contributed by atoms with Crippen molar-refractivity contribution in [2.45, 2.75) is 6.92 Å². The lowest BCUT2D eigenvalue weighted by molar-refractivity contribution is -0.114. The molecule has 0 saturated carbocycles. The van der Waals surface area contributed by atoms with Crippen molar-refractivity contribution in [3.8, 4) is 11.1 Å². The van der Waals surface area contributed by atoms with E-state index in [1.54, 1.807) is 30.3 Å². The van der Waals surface area contributed by atoms with E-state index in [1.807, 2.05) is 30.3 Å². The number of hydrogen-bond acceptors (Lipinski definition) is 2. The molecule has 0 saturated heterocycles. The van der Waals surface area contributed by atoms with Crippen molar-refractivity contribution in [3.63, 3.8) is 0 Å². The Morgan fingerprint density at radius 2 is 1.46 bits per heavy atom. The van der Waals surface area contributed by atoms with E-state index in [2.05, 4.69) is 10.6 Å². The molecule has 3 aromatic rings. The quantitative estimate of drug-likeness (QED) is 0.718. The summed E-state index contributed by atoms with van der Waals surface area (Å²) >= 11 is 0. The maximum Gasteiger partial charge on any atom is 0.258 e. The largest absolute Gasteiger partial charge is 0.326 e. The van der Waals surface area contributed by atoms with Gasteiger partial charge in [-0.2, -0.15) is 0 Å². The van der Waals surface area contributed by atoms with Crippen LogP contribution in [0.4, 0.5) is 15.8 Å². The third kappa shape index (κ3) is 4.13. The summed E-state index contributed by atoms with van der Waals surface area (Å²) in [6, 6.07) is 20.6. The van der Waals surface area contributed by atoms with Crippen LogP contribution in [0.15, 0.2) is 72.8 Å². The van der Waals surface area contributed by atoms with E-state index in [-0.39, 0.29) is 11.5 Å². The fourth-order valence-electron chi connectivity index (χ4n) is 2.59. The molecular formula is C21H17FN2O2. The van der Waals surface area contributed by atoms with Crippen LogP contribution >= 0.6 is 0 Å². The van der Waals surface area contributed by atoms with E-state index < -0.39 is 11.7 Å². The minimum Gasteiger partial charge on any atom is -0.326 e. The summed E-state index contributed by atoms with van der Waals surface area (Å²) in [6.07, 6.45) is 0. The molecule has 5 heteroatoms. The molecule has 0 aliphatic carbocycles. The second-order valence-corrected chi connectivity index (χ2v) is 5.78. The Morgan fingerprint density at radius 1 is 0.769 bits per heavy atom. The molecule has 4 nitrogen and oxygen atoms in total. The predicted molar refractivity (Wildman–Crippen MR) is 101 cm³/mol. The van der Waals surface area contributed by atoms with Gasteiger partial charge in [0.1, 0.15) is 5.82 Å². The van der Waals surface area contributed by atoms with Gasteiger partial charge in [0.15, 0.2) is 0 Å². The van der Waals surface area contributed by atoms with Gasteiger partial charge in [-0.25, -0.2) is 4.39 Å². The summed E-state index contributed by atoms with van der Waals surface area (Å²) in [5, 5.41) is 5.30. The van der Waals surface area contributed by atoms with E-state index in [0.717, 1.165) is 11.1 Å². The molecule has 2 N–H and O–H groups in total. The molecule has 0 radical (unpaired) electrons. The number of amides is 2. The number of nitrogens with one attached hydrogen (secondary N) is 2. The van der Waals surface area contributed by atoms with E-state index in [9.17, 15) is 14.0 Å². The molecular weight excluding hydrogens is 331 g/mol. The molecule has 0 aliphatic rings. The Balaban J connectivity index is 1.85. The highest BCUT2D eigenvalue weighted by Gasteiger charge is 2.14. The number of benzene rings is 3. The number of anilines is 2. The SMILES string of the molecule is CC(=O)Nc1cccc(NC(=O)c2cc(-c3ccccc3)ccc2F)c1. The van der Waals surface area contributed by atoms with Gasteiger partial charge >= 0.3 is 0 Å². The summed E-state index contributed by atoms with van der Waals surface area (Å²) in [7, 11) is 0. The Labute approximate surface area is 150 Å². The van der Waals surface area contributed by atoms with Crippen LogP contribution < -0.4 is 10.6 Å². The van der Waals surface area contributed by atoms with Crippen LogP contribution in [-0.4, -0.2) is 11.8 Å². The smallest absolute Gasteiger partial charge is 0.258 e. The second-order valence-electron chi connectivity index (χ2n) is 5.78. The Morgan fingerprint density at radius 3 is 2.15 bits per heavy atom. The summed E-state index contributed by atoms with van der Waals surface area (Å²) < 4.78 is 14.2. The maximum absolute atomic E-state index is 14.2. The van der Waals surface area contributed by atoms with Crippen LogP contribution in [0.25, 0.3) is 11.1 Å². The van der Waals surface area contributed by atoms with Gasteiger partial charge in [-0.05, 0) is 41.5 Å². The van der Waals surface area contributed by atoms with Crippen molar-refractivity contribution in [2.75, 3.05) is 10.6 Å². The molecule has 0 atom stereocenters. The van der Waals surface area contributed by atoms with Gasteiger partial charge < -0.3 is 10.6 Å². The van der Waals surface area contributed by atoms with Gasteiger partial charge in [-0.3, -0.25) is 9.59 Å². The molecule has 0 fully saturated rings. The van der Waals surface area contributed by atoms with E-state index in [0.29, 0.717) is 11.4 Å². The molecule has 3 aromatic carbocycles. The number of carbonyl (C=O) groups is 2. The van der Waals surface area contributed by atoms with Crippen molar-refractivity contribution in [2.24, 2.45) is 0 Å². The fourth-order valence-corrected chi connectivity index (χ4v) is 2.59. The van der Waals surface area contributed by atoms with Crippen LogP contribution in [-0.2, 0) is 4.79 Å². The minimum absolute atomic E-state index is 0.0451. The molecule has 130 valence electrons. The van der Waals surface area contributed by atoms with Crippen molar-refractivity contribution in [1.82, 2.24) is 0 Å². The van der Waals surface area contributed by atoms with Gasteiger partial charge in [-0.15, -0.1) is 0 Å². The van der Waals surface area contributed by atoms with Gasteiger partial charge in [-0.1, -0.05) is 42.5 Å². The van der Waals surface area contributed by atoms with Crippen molar-refractivity contribution in [1.29, 1.82) is 0 Å². The monoisotopic (exact) mass is 348 g/mol. The zero-order valence-corrected chi connectivity index (χ0v) is 14.1. The standard InChI is InChI=1S/C21H17FN2O2/c1-14(25)23-17-8-5-9-18(13-17)24-21(26)19-12-16(10-11-20(19)22)15-6-3-2-4-7-15/h2-13H,1H3,(H,23,25)(H,24,26). The molecule has 0 aliphatic heterocycles. The van der Waals surface area contributed by atoms with Crippen molar-refractivity contribution >= 4 is 23.2 Å². The van der Waals surface area contributed by atoms with E-state index in [1.165, 1.54) is 19.1 Å². The molecule has 26 heavy (non-hydrogen) atoms. The van der Waals surface area contributed by atoms with Crippen LogP contribution in [0, 0.1) is 5.82 Å². The summed E-state index contributed by atoms with van der Waals surface area (Å²) in [4.78, 5) is 23.7. The number of carbonyl (C=O) groups excluding carboxylic acids is 2. The first-order valence-corrected chi connectivity index (χ1v) is 8.07. The summed E-state index contributed by atoms with van der Waals surface area (Å²) in [5.74, 6) is -1.37. The highest BCUT2D eigenvalue weighted by molar-refractivity contribution is 6.05. The van der Waals surface area contributed by atoms with Crippen molar-refractivity contribution in [3.05, 3.63) is 84.2 Å². The zero-order valence-electron chi connectivity index (χ0n) is 14.1. The molecule has 0 aromatic heterocycles. The minimum atomic E-state index is -0.597. The normalized spacial score (nSPS) is 10.2. The molecule has 0 bridgehead atoms. The van der Waals surface area contributed by atoms with Crippen LogP contribution in [0.2, 0.25) is 0 Å².